The van der Waals surface area contributed by atoms with Gasteiger partial charge in [-0.2, -0.15) is 0 Å². The zero-order chi connectivity index (χ0) is 34.0. The van der Waals surface area contributed by atoms with Gasteiger partial charge in [0.15, 0.2) is 0 Å². The first kappa shape index (κ1) is 30.3. The molecule has 0 fully saturated rings. The van der Waals surface area contributed by atoms with E-state index in [1.165, 1.54) is 54.6 Å². The van der Waals surface area contributed by atoms with E-state index >= 15 is 0 Å². The monoisotopic (exact) mass is 650 g/mol. The van der Waals surface area contributed by atoms with Gasteiger partial charge in [-0.15, -0.1) is 0 Å². The lowest BCUT2D eigenvalue weighted by Crippen LogP contribution is -2.10. The first-order valence-corrected chi connectivity index (χ1v) is 17.4. The predicted molar refractivity (Wildman–Crippen MR) is 218 cm³/mol. The number of hydrogen-bond acceptors (Lipinski definition) is 2. The second-order valence-corrected chi connectivity index (χ2v) is 12.8. The van der Waals surface area contributed by atoms with Crippen LogP contribution in [-0.2, 0) is 0 Å². The Bertz CT molecular complexity index is 2600. The molecule has 0 aliphatic rings. The Morgan fingerprint density at radius 2 is 0.882 bits per heavy atom. The Kier molecular flexibility index (Phi) is 7.88. The number of fused-ring (bicyclic) bond motifs is 3. The molecule has 0 N–H and O–H groups in total. The second-order valence-electron chi connectivity index (χ2n) is 12.8. The number of hydrogen-bond donors (Lipinski definition) is 0. The van der Waals surface area contributed by atoms with Crippen LogP contribution in [-0.4, -0.2) is 4.98 Å². The van der Waals surface area contributed by atoms with Crippen molar-refractivity contribution in [2.45, 2.75) is 0 Å². The summed E-state index contributed by atoms with van der Waals surface area (Å²) in [6.07, 6.45) is 6.00. The highest BCUT2D eigenvalue weighted by atomic mass is 15.1. The van der Waals surface area contributed by atoms with Gasteiger partial charge >= 0.3 is 0 Å². The van der Waals surface area contributed by atoms with E-state index in [9.17, 15) is 0 Å². The molecule has 1 heterocycles. The van der Waals surface area contributed by atoms with E-state index < -0.39 is 0 Å². The van der Waals surface area contributed by atoms with E-state index in [0.717, 1.165) is 28.3 Å². The van der Waals surface area contributed by atoms with E-state index in [0.29, 0.717) is 0 Å². The molecule has 0 saturated heterocycles. The molecule has 0 unspecified atom stereocenters. The molecule has 0 aliphatic carbocycles. The van der Waals surface area contributed by atoms with Crippen LogP contribution in [0.4, 0.5) is 17.1 Å². The van der Waals surface area contributed by atoms with Gasteiger partial charge in [-0.25, -0.2) is 0 Å². The van der Waals surface area contributed by atoms with Gasteiger partial charge in [0.1, 0.15) is 0 Å². The van der Waals surface area contributed by atoms with Crippen LogP contribution in [0.2, 0.25) is 0 Å². The summed E-state index contributed by atoms with van der Waals surface area (Å²) in [7, 11) is 0. The normalized spacial score (nSPS) is 11.5. The van der Waals surface area contributed by atoms with Crippen molar-refractivity contribution in [1.29, 1.82) is 0 Å². The number of benzene rings is 8. The number of para-hydroxylation sites is 1. The fourth-order valence-corrected chi connectivity index (χ4v) is 7.35. The Labute approximate surface area is 298 Å². The van der Waals surface area contributed by atoms with Gasteiger partial charge < -0.3 is 4.90 Å². The third-order valence-electron chi connectivity index (χ3n) is 9.70. The topological polar surface area (TPSA) is 16.1 Å². The Hall–Kier alpha value is -6.77. The fraction of sp³-hybridized carbons (Fsp3) is 0. The van der Waals surface area contributed by atoms with Crippen molar-refractivity contribution in [2.24, 2.45) is 0 Å². The molecule has 0 bridgehead atoms. The van der Waals surface area contributed by atoms with Crippen LogP contribution >= 0.6 is 0 Å². The van der Waals surface area contributed by atoms with Crippen molar-refractivity contribution < 1.29 is 0 Å². The van der Waals surface area contributed by atoms with Gasteiger partial charge in [-0.1, -0.05) is 152 Å². The van der Waals surface area contributed by atoms with Gasteiger partial charge in [-0.3, -0.25) is 4.98 Å². The zero-order valence-electron chi connectivity index (χ0n) is 28.0. The maximum Gasteiger partial charge on any atom is 0.0629 e. The van der Waals surface area contributed by atoms with Crippen LogP contribution in [0, 0.1) is 0 Å². The van der Waals surface area contributed by atoms with E-state index in [1.807, 2.05) is 24.4 Å². The third-order valence-corrected chi connectivity index (χ3v) is 9.70. The van der Waals surface area contributed by atoms with Gasteiger partial charge in [0.25, 0.3) is 0 Å². The number of anilines is 3. The minimum Gasteiger partial charge on any atom is -0.310 e. The SMILES string of the molecule is C(=C\c1ccccn1)/c1ccc(-c2c3ccccc3c(-c3ccc(N(c4ccccc4)c4cccc5ccccc45)cc3)c3ccccc23)cc1. The maximum atomic E-state index is 4.42. The van der Waals surface area contributed by atoms with Crippen molar-refractivity contribution in [2.75, 3.05) is 4.90 Å². The van der Waals surface area contributed by atoms with Gasteiger partial charge in [0, 0.05) is 23.0 Å². The lowest BCUT2D eigenvalue weighted by molar-refractivity contribution is 1.30. The maximum absolute atomic E-state index is 4.42. The molecular weight excluding hydrogens is 617 g/mol. The van der Waals surface area contributed by atoms with Gasteiger partial charge in [0.05, 0.1) is 11.4 Å². The summed E-state index contributed by atoms with van der Waals surface area (Å²) in [4.78, 5) is 6.78. The Morgan fingerprint density at radius 1 is 0.373 bits per heavy atom. The summed E-state index contributed by atoms with van der Waals surface area (Å²) in [6, 6.07) is 67.4. The molecule has 51 heavy (non-hydrogen) atoms. The number of pyridine rings is 1. The van der Waals surface area contributed by atoms with Gasteiger partial charge in [0.2, 0.25) is 0 Å². The van der Waals surface area contributed by atoms with Gasteiger partial charge in [-0.05, 0) is 103 Å². The molecular formula is C49H34N2. The standard InChI is InChI=1S/C49H34N2/c1-2-16-40(17-3-1)51(47-23-12-14-36-13-4-5-18-42(36)47)41-32-29-38(30-33-41)49-45-21-8-6-19-43(45)48(44-20-7-9-22-46(44)49)37-27-24-35(25-28-37)26-31-39-15-10-11-34-50-39/h1-34H/b31-26+. The summed E-state index contributed by atoms with van der Waals surface area (Å²) in [5, 5.41) is 7.42. The van der Waals surface area contributed by atoms with Crippen molar-refractivity contribution in [3.63, 3.8) is 0 Å². The van der Waals surface area contributed by atoms with Crippen LogP contribution in [0.3, 0.4) is 0 Å². The summed E-state index contributed by atoms with van der Waals surface area (Å²) in [5.74, 6) is 0. The molecule has 0 spiro atoms. The lowest BCUT2D eigenvalue weighted by Gasteiger charge is -2.27. The van der Waals surface area contributed by atoms with Crippen LogP contribution in [0.5, 0.6) is 0 Å². The molecule has 9 rings (SSSR count). The number of rotatable bonds is 7. The number of nitrogens with zero attached hydrogens (tertiary/aromatic N) is 2. The third kappa shape index (κ3) is 5.73. The molecule has 0 radical (unpaired) electrons. The highest BCUT2D eigenvalue weighted by molar-refractivity contribution is 6.21. The molecule has 2 nitrogen and oxygen atoms in total. The second kappa shape index (κ2) is 13.3. The molecule has 0 aliphatic heterocycles. The largest absolute Gasteiger partial charge is 0.310 e. The average Bonchev–Trinajstić information content (AvgIpc) is 3.21. The van der Waals surface area contributed by atoms with E-state index in [-0.39, 0.29) is 0 Å². The quantitative estimate of drug-likeness (QED) is 0.160. The first-order chi connectivity index (χ1) is 25.3. The molecule has 0 amide bonds. The summed E-state index contributed by atoms with van der Waals surface area (Å²) in [6.45, 7) is 0. The van der Waals surface area contributed by atoms with Crippen LogP contribution in [0.15, 0.2) is 194 Å². The fourth-order valence-electron chi connectivity index (χ4n) is 7.35. The molecule has 0 atom stereocenters. The zero-order valence-corrected chi connectivity index (χ0v) is 28.0. The van der Waals surface area contributed by atoms with E-state index in [2.05, 4.69) is 192 Å². The highest BCUT2D eigenvalue weighted by Crippen LogP contribution is 2.45. The van der Waals surface area contributed by atoms with Crippen LogP contribution in [0.25, 0.3) is 66.7 Å². The average molecular weight is 651 g/mol. The summed E-state index contributed by atoms with van der Waals surface area (Å²) in [5.41, 5.74) is 10.4. The molecule has 2 heteroatoms. The summed E-state index contributed by atoms with van der Waals surface area (Å²) < 4.78 is 0. The summed E-state index contributed by atoms with van der Waals surface area (Å²) >= 11 is 0. The van der Waals surface area contributed by atoms with Crippen LogP contribution < -0.4 is 4.90 Å². The molecule has 1 aromatic heterocycles. The molecule has 240 valence electrons. The molecule has 0 saturated carbocycles. The predicted octanol–water partition coefficient (Wildman–Crippen LogP) is 13.5. The minimum absolute atomic E-state index is 0.948. The van der Waals surface area contributed by atoms with Crippen molar-refractivity contribution in [1.82, 2.24) is 4.98 Å². The van der Waals surface area contributed by atoms with Crippen molar-refractivity contribution >= 4 is 61.5 Å². The highest BCUT2D eigenvalue weighted by Gasteiger charge is 2.18. The first-order valence-electron chi connectivity index (χ1n) is 17.4. The van der Waals surface area contributed by atoms with Crippen LogP contribution in [0.1, 0.15) is 11.3 Å². The lowest BCUT2D eigenvalue weighted by atomic mass is 9.86. The van der Waals surface area contributed by atoms with E-state index in [4.69, 9.17) is 0 Å². The van der Waals surface area contributed by atoms with Crippen molar-refractivity contribution in [3.8, 4) is 22.3 Å². The minimum atomic E-state index is 0.948. The smallest absolute Gasteiger partial charge is 0.0629 e. The molecule has 9 aromatic rings. The Balaban J connectivity index is 1.16. The molecule has 8 aromatic carbocycles. The Morgan fingerprint density at radius 3 is 1.49 bits per heavy atom. The van der Waals surface area contributed by atoms with E-state index in [1.54, 1.807) is 0 Å². The van der Waals surface area contributed by atoms with Crippen molar-refractivity contribution in [3.05, 3.63) is 206 Å². The number of aromatic nitrogens is 1.